The summed E-state index contributed by atoms with van der Waals surface area (Å²) in [4.78, 5) is 19.1. The number of rotatable bonds is 2. The SMILES string of the molecule is NC(=O)[C@@H](Cl)[C]=O. The fraction of sp³-hybridized carbons (Fsp3) is 0.333. The predicted octanol–water partition coefficient (Wildman–Crippen LogP) is -0.811. The monoisotopic (exact) mass is 120 g/mol. The van der Waals surface area contributed by atoms with Crippen molar-refractivity contribution in [3.05, 3.63) is 0 Å². The van der Waals surface area contributed by atoms with Crippen LogP contribution in [0.5, 0.6) is 0 Å². The average Bonchev–Trinajstić information content (AvgIpc) is 1.65. The minimum absolute atomic E-state index is 0.864. The second kappa shape index (κ2) is 2.58. The van der Waals surface area contributed by atoms with Crippen LogP contribution >= 0.6 is 11.6 Å². The lowest BCUT2D eigenvalue weighted by Gasteiger charge is -1.86. The van der Waals surface area contributed by atoms with Crippen molar-refractivity contribution >= 4 is 23.8 Å². The van der Waals surface area contributed by atoms with Gasteiger partial charge in [0.2, 0.25) is 12.2 Å². The molecule has 1 radical (unpaired) electrons. The van der Waals surface area contributed by atoms with Crippen LogP contribution in [0.1, 0.15) is 0 Å². The molecule has 0 fully saturated rings. The van der Waals surface area contributed by atoms with Gasteiger partial charge in [0, 0.05) is 0 Å². The molecule has 0 aliphatic heterocycles. The molecule has 0 unspecified atom stereocenters. The number of carbonyl (C=O) groups is 1. The third-order valence-electron chi connectivity index (χ3n) is 0.353. The zero-order valence-corrected chi connectivity index (χ0v) is 4.11. The topological polar surface area (TPSA) is 60.2 Å². The van der Waals surface area contributed by atoms with Gasteiger partial charge >= 0.3 is 0 Å². The highest BCUT2D eigenvalue weighted by Gasteiger charge is 2.08. The Kier molecular flexibility index (Phi) is 2.37. The number of alkyl halides is 1. The van der Waals surface area contributed by atoms with Crippen molar-refractivity contribution in [2.24, 2.45) is 5.73 Å². The highest BCUT2D eigenvalue weighted by Crippen LogP contribution is 1.85. The van der Waals surface area contributed by atoms with E-state index in [1.165, 1.54) is 6.29 Å². The molecule has 39 valence electrons. The highest BCUT2D eigenvalue weighted by atomic mass is 35.5. The van der Waals surface area contributed by atoms with Crippen molar-refractivity contribution in [1.29, 1.82) is 0 Å². The van der Waals surface area contributed by atoms with Crippen LogP contribution in [0.15, 0.2) is 0 Å². The fourth-order valence-electron chi connectivity index (χ4n) is 0.0581. The van der Waals surface area contributed by atoms with Crippen molar-refractivity contribution in [2.45, 2.75) is 5.38 Å². The molecule has 3 nitrogen and oxygen atoms in total. The zero-order valence-electron chi connectivity index (χ0n) is 3.35. The molecule has 0 aromatic rings. The molecule has 7 heavy (non-hydrogen) atoms. The normalized spacial score (nSPS) is 12.7. The summed E-state index contributed by atoms with van der Waals surface area (Å²) in [5.41, 5.74) is 4.51. The smallest absolute Gasteiger partial charge is 0.243 e. The molecule has 1 atom stereocenters. The minimum atomic E-state index is -1.29. The summed E-state index contributed by atoms with van der Waals surface area (Å²) < 4.78 is 0. The largest absolute Gasteiger partial charge is 0.368 e. The molecule has 2 N–H and O–H groups in total. The summed E-state index contributed by atoms with van der Waals surface area (Å²) in [6.45, 7) is 0. The van der Waals surface area contributed by atoms with Crippen LogP contribution in [0.25, 0.3) is 0 Å². The first-order valence-electron chi connectivity index (χ1n) is 1.49. The number of hydrogen-bond acceptors (Lipinski definition) is 2. The molecule has 0 aliphatic rings. The van der Waals surface area contributed by atoms with E-state index in [-0.39, 0.29) is 0 Å². The Morgan fingerprint density at radius 3 is 2.29 bits per heavy atom. The van der Waals surface area contributed by atoms with Gasteiger partial charge in [-0.3, -0.25) is 9.59 Å². The third-order valence-corrected chi connectivity index (χ3v) is 0.657. The molecule has 0 rings (SSSR count). The summed E-state index contributed by atoms with van der Waals surface area (Å²) >= 11 is 4.90. The van der Waals surface area contributed by atoms with Crippen LogP contribution in [-0.4, -0.2) is 17.6 Å². The van der Waals surface area contributed by atoms with E-state index in [1.807, 2.05) is 0 Å². The van der Waals surface area contributed by atoms with Gasteiger partial charge in [0.1, 0.15) is 0 Å². The van der Waals surface area contributed by atoms with Crippen LogP contribution < -0.4 is 5.73 Å². The molecule has 0 saturated heterocycles. The Morgan fingerprint density at radius 1 is 1.86 bits per heavy atom. The first-order valence-corrected chi connectivity index (χ1v) is 1.93. The third kappa shape index (κ3) is 2.17. The lowest BCUT2D eigenvalue weighted by atomic mass is 10.5. The maximum Gasteiger partial charge on any atom is 0.243 e. The second-order valence-corrected chi connectivity index (χ2v) is 1.32. The van der Waals surface area contributed by atoms with E-state index in [0.29, 0.717) is 0 Å². The van der Waals surface area contributed by atoms with Crippen LogP contribution in [0.3, 0.4) is 0 Å². The lowest BCUT2D eigenvalue weighted by molar-refractivity contribution is -0.116. The predicted molar refractivity (Wildman–Crippen MR) is 24.5 cm³/mol. The molecule has 0 aromatic heterocycles. The summed E-state index contributed by atoms with van der Waals surface area (Å²) in [5.74, 6) is -0.864. The van der Waals surface area contributed by atoms with Crippen LogP contribution in [-0.2, 0) is 9.59 Å². The van der Waals surface area contributed by atoms with Crippen molar-refractivity contribution in [2.75, 3.05) is 0 Å². The first-order chi connectivity index (χ1) is 3.18. The van der Waals surface area contributed by atoms with E-state index >= 15 is 0 Å². The standard InChI is InChI=1S/C3H3ClNO2/c4-2(1-6)3(5)7/h2H,(H2,5,7)/t2-/m0/s1. The number of primary amides is 1. The number of halogens is 1. The van der Waals surface area contributed by atoms with Gasteiger partial charge in [0.15, 0.2) is 5.38 Å². The lowest BCUT2D eigenvalue weighted by Crippen LogP contribution is -2.24. The van der Waals surface area contributed by atoms with Gasteiger partial charge < -0.3 is 5.73 Å². The second-order valence-electron chi connectivity index (χ2n) is 0.883. The Bertz CT molecular complexity index is 92.9. The molecule has 0 spiro atoms. The van der Waals surface area contributed by atoms with Crippen molar-refractivity contribution < 1.29 is 9.59 Å². The van der Waals surface area contributed by atoms with Gasteiger partial charge in [0.05, 0.1) is 0 Å². The van der Waals surface area contributed by atoms with Gasteiger partial charge in [-0.25, -0.2) is 0 Å². The molecule has 0 heterocycles. The molecule has 4 heteroatoms. The Balaban J connectivity index is 3.55. The Labute approximate surface area is 45.4 Å². The van der Waals surface area contributed by atoms with Crippen molar-refractivity contribution in [3.8, 4) is 0 Å². The van der Waals surface area contributed by atoms with E-state index in [1.54, 1.807) is 0 Å². The van der Waals surface area contributed by atoms with Crippen LogP contribution in [0.2, 0.25) is 0 Å². The van der Waals surface area contributed by atoms with Gasteiger partial charge in [-0.15, -0.1) is 11.6 Å². The number of nitrogens with two attached hydrogens (primary N) is 1. The van der Waals surface area contributed by atoms with Gasteiger partial charge in [-0.05, 0) is 0 Å². The van der Waals surface area contributed by atoms with Crippen LogP contribution in [0, 0.1) is 0 Å². The number of hydrogen-bond donors (Lipinski definition) is 1. The van der Waals surface area contributed by atoms with Gasteiger partial charge in [-0.2, -0.15) is 0 Å². The summed E-state index contributed by atoms with van der Waals surface area (Å²) in [6.07, 6.45) is 1.21. The van der Waals surface area contributed by atoms with Crippen molar-refractivity contribution in [3.63, 3.8) is 0 Å². The van der Waals surface area contributed by atoms with E-state index < -0.39 is 11.3 Å². The Hall–Kier alpha value is -0.570. The Morgan fingerprint density at radius 2 is 2.29 bits per heavy atom. The summed E-state index contributed by atoms with van der Waals surface area (Å²) in [6, 6.07) is 0. The maximum absolute atomic E-state index is 9.76. The maximum atomic E-state index is 9.76. The molecule has 0 aromatic carbocycles. The fourth-order valence-corrected chi connectivity index (χ4v) is 0.0581. The van der Waals surface area contributed by atoms with E-state index in [2.05, 4.69) is 5.73 Å². The number of amides is 1. The average molecular weight is 121 g/mol. The molecule has 0 bridgehead atoms. The van der Waals surface area contributed by atoms with Crippen LogP contribution in [0.4, 0.5) is 0 Å². The molecule has 1 amide bonds. The van der Waals surface area contributed by atoms with Crippen molar-refractivity contribution in [1.82, 2.24) is 0 Å². The van der Waals surface area contributed by atoms with Gasteiger partial charge in [0.25, 0.3) is 0 Å². The molecule has 0 saturated carbocycles. The summed E-state index contributed by atoms with van der Waals surface area (Å²) in [5, 5.41) is -1.29. The minimum Gasteiger partial charge on any atom is -0.368 e. The molecule has 0 aliphatic carbocycles. The molecular weight excluding hydrogens is 117 g/mol. The van der Waals surface area contributed by atoms with Gasteiger partial charge in [-0.1, -0.05) is 0 Å². The number of carbonyl (C=O) groups excluding carboxylic acids is 2. The summed E-state index contributed by atoms with van der Waals surface area (Å²) in [7, 11) is 0. The first kappa shape index (κ1) is 6.43. The quantitative estimate of drug-likeness (QED) is 0.383. The highest BCUT2D eigenvalue weighted by molar-refractivity contribution is 6.38. The van der Waals surface area contributed by atoms with E-state index in [9.17, 15) is 9.59 Å². The van der Waals surface area contributed by atoms with E-state index in [0.717, 1.165) is 0 Å². The molecular formula is C3H3ClNO2. The zero-order chi connectivity index (χ0) is 5.86. The van der Waals surface area contributed by atoms with E-state index in [4.69, 9.17) is 11.6 Å².